The monoisotopic (exact) mass is 284 g/mol. The molecule has 19 heavy (non-hydrogen) atoms. The molecule has 2 aromatic heterocycles. The van der Waals surface area contributed by atoms with E-state index in [9.17, 15) is 0 Å². The summed E-state index contributed by atoms with van der Waals surface area (Å²) >= 11 is 7.96. The van der Waals surface area contributed by atoms with Crippen molar-refractivity contribution in [3.8, 4) is 0 Å². The number of thiophene rings is 1. The topological polar surface area (TPSA) is 3.88 Å². The number of hydrogen-bond acceptors (Lipinski definition) is 1. The summed E-state index contributed by atoms with van der Waals surface area (Å²) < 4.78 is 4.89. The molecule has 0 bridgehead atoms. The molecule has 0 unspecified atom stereocenters. The molecule has 0 amide bonds. The number of nitrogens with zero attached hydrogens (tertiary/aromatic N) is 1. The van der Waals surface area contributed by atoms with Gasteiger partial charge in [0.1, 0.15) is 11.7 Å². The summed E-state index contributed by atoms with van der Waals surface area (Å²) in [6.07, 6.45) is 0. The average molecular weight is 285 g/mol. The van der Waals surface area contributed by atoms with Gasteiger partial charge in [-0.05, 0) is 30.3 Å². The lowest BCUT2D eigenvalue weighted by Crippen LogP contribution is -2.29. The first-order valence-corrected chi connectivity index (χ1v) is 7.33. The van der Waals surface area contributed by atoms with Gasteiger partial charge in [-0.3, -0.25) is 0 Å². The number of fused-ring (bicyclic) bond motifs is 4. The van der Waals surface area contributed by atoms with E-state index in [0.717, 1.165) is 5.02 Å². The molecule has 1 nitrogen and oxygen atoms in total. The molecular weight excluding hydrogens is 274 g/mol. The predicted molar refractivity (Wildman–Crippen MR) is 83.0 cm³/mol. The Morgan fingerprint density at radius 1 is 1.00 bits per heavy atom. The number of pyridine rings is 1. The molecule has 0 aliphatic carbocycles. The van der Waals surface area contributed by atoms with Crippen LogP contribution in [0.1, 0.15) is 0 Å². The van der Waals surface area contributed by atoms with E-state index < -0.39 is 0 Å². The van der Waals surface area contributed by atoms with Crippen molar-refractivity contribution in [1.29, 1.82) is 0 Å². The van der Waals surface area contributed by atoms with Crippen LogP contribution in [0, 0.1) is 0 Å². The second-order valence-corrected chi connectivity index (χ2v) is 6.24. The molecule has 0 aliphatic rings. The average Bonchev–Trinajstić information content (AvgIpc) is 2.78. The molecule has 0 radical (unpaired) electrons. The van der Waals surface area contributed by atoms with Crippen LogP contribution >= 0.6 is 22.9 Å². The van der Waals surface area contributed by atoms with Crippen LogP contribution in [0.4, 0.5) is 0 Å². The third-order valence-electron chi connectivity index (χ3n) is 3.57. The SMILES string of the molecule is C[n+]1c2cc(Cl)ccc2cc2sc3ccccc3c21. The Morgan fingerprint density at radius 2 is 1.84 bits per heavy atom. The third kappa shape index (κ3) is 1.57. The molecule has 0 spiro atoms. The highest BCUT2D eigenvalue weighted by atomic mass is 35.5. The van der Waals surface area contributed by atoms with Gasteiger partial charge < -0.3 is 0 Å². The zero-order valence-corrected chi connectivity index (χ0v) is 11.9. The van der Waals surface area contributed by atoms with Gasteiger partial charge in [0.25, 0.3) is 0 Å². The standard InChI is InChI=1S/C16H11ClNS/c1-18-13-9-11(17)7-6-10(13)8-15-16(18)12-4-2-3-5-14(12)19-15/h2-9H,1H3/q+1. The molecule has 0 fully saturated rings. The number of rotatable bonds is 0. The van der Waals surface area contributed by atoms with Gasteiger partial charge in [0.05, 0.1) is 5.39 Å². The normalized spacial score (nSPS) is 11.7. The highest BCUT2D eigenvalue weighted by Gasteiger charge is 2.17. The fourth-order valence-electron chi connectivity index (χ4n) is 2.69. The minimum absolute atomic E-state index is 0.780. The zero-order chi connectivity index (χ0) is 13.0. The van der Waals surface area contributed by atoms with E-state index in [1.54, 1.807) is 0 Å². The molecule has 0 atom stereocenters. The second kappa shape index (κ2) is 3.92. The van der Waals surface area contributed by atoms with Crippen LogP contribution in [0.2, 0.25) is 5.02 Å². The van der Waals surface area contributed by atoms with Gasteiger partial charge in [-0.2, -0.15) is 4.57 Å². The van der Waals surface area contributed by atoms with E-state index in [1.165, 1.54) is 31.2 Å². The quantitative estimate of drug-likeness (QED) is 0.413. The highest BCUT2D eigenvalue weighted by Crippen LogP contribution is 2.33. The fraction of sp³-hybridized carbons (Fsp3) is 0.0625. The van der Waals surface area contributed by atoms with Gasteiger partial charge in [-0.25, -0.2) is 0 Å². The Bertz CT molecular complexity index is 940. The Hall–Kier alpha value is -1.64. The van der Waals surface area contributed by atoms with Gasteiger partial charge in [-0.1, -0.05) is 23.7 Å². The Kier molecular flexibility index (Phi) is 2.32. The van der Waals surface area contributed by atoms with Crippen molar-refractivity contribution < 1.29 is 4.57 Å². The van der Waals surface area contributed by atoms with Crippen LogP contribution in [-0.4, -0.2) is 0 Å². The summed E-state index contributed by atoms with van der Waals surface area (Å²) in [5, 5.41) is 3.32. The Balaban J connectivity index is 2.31. The molecule has 4 rings (SSSR count). The summed E-state index contributed by atoms with van der Waals surface area (Å²) in [5.41, 5.74) is 2.46. The summed E-state index contributed by atoms with van der Waals surface area (Å²) in [5.74, 6) is 0. The van der Waals surface area contributed by atoms with E-state index >= 15 is 0 Å². The zero-order valence-electron chi connectivity index (χ0n) is 10.4. The smallest absolute Gasteiger partial charge is 0.193 e. The maximum atomic E-state index is 6.12. The number of hydrogen-bond donors (Lipinski definition) is 0. The lowest BCUT2D eigenvalue weighted by Gasteiger charge is -1.99. The molecule has 2 heterocycles. The molecule has 0 saturated carbocycles. The molecular formula is C16H11ClNS+. The lowest BCUT2D eigenvalue weighted by molar-refractivity contribution is -0.616. The van der Waals surface area contributed by atoms with E-state index in [1.807, 2.05) is 23.5 Å². The van der Waals surface area contributed by atoms with Crippen LogP contribution in [0.5, 0.6) is 0 Å². The van der Waals surface area contributed by atoms with Gasteiger partial charge in [0.2, 0.25) is 11.0 Å². The molecule has 0 N–H and O–H groups in total. The van der Waals surface area contributed by atoms with E-state index in [2.05, 4.69) is 48.0 Å². The first-order chi connectivity index (χ1) is 9.24. The number of aryl methyl sites for hydroxylation is 1. The van der Waals surface area contributed by atoms with Crippen molar-refractivity contribution >= 4 is 54.1 Å². The Morgan fingerprint density at radius 3 is 2.74 bits per heavy atom. The van der Waals surface area contributed by atoms with Crippen molar-refractivity contribution in [2.24, 2.45) is 7.05 Å². The number of halogens is 1. The van der Waals surface area contributed by atoms with Crippen molar-refractivity contribution in [3.63, 3.8) is 0 Å². The number of aromatic nitrogens is 1. The summed E-state index contributed by atoms with van der Waals surface area (Å²) in [6.45, 7) is 0. The van der Waals surface area contributed by atoms with Crippen molar-refractivity contribution in [1.82, 2.24) is 0 Å². The van der Waals surface area contributed by atoms with Gasteiger partial charge in [0, 0.05) is 21.2 Å². The summed E-state index contributed by atoms with van der Waals surface area (Å²) in [7, 11) is 2.11. The molecule has 92 valence electrons. The van der Waals surface area contributed by atoms with Gasteiger partial charge in [0.15, 0.2) is 0 Å². The van der Waals surface area contributed by atoms with Crippen molar-refractivity contribution in [2.45, 2.75) is 0 Å². The van der Waals surface area contributed by atoms with Crippen LogP contribution in [-0.2, 0) is 7.05 Å². The van der Waals surface area contributed by atoms with Crippen LogP contribution in [0.15, 0.2) is 48.5 Å². The van der Waals surface area contributed by atoms with Crippen LogP contribution in [0.25, 0.3) is 31.2 Å². The van der Waals surface area contributed by atoms with E-state index in [-0.39, 0.29) is 0 Å². The summed E-state index contributed by atoms with van der Waals surface area (Å²) in [4.78, 5) is 0. The fourth-order valence-corrected chi connectivity index (χ4v) is 4.04. The predicted octanol–water partition coefficient (Wildman–Crippen LogP) is 4.69. The highest BCUT2D eigenvalue weighted by molar-refractivity contribution is 7.25. The van der Waals surface area contributed by atoms with Crippen LogP contribution in [0.3, 0.4) is 0 Å². The third-order valence-corrected chi connectivity index (χ3v) is 4.91. The van der Waals surface area contributed by atoms with Gasteiger partial charge >= 0.3 is 0 Å². The van der Waals surface area contributed by atoms with Crippen LogP contribution < -0.4 is 4.57 Å². The van der Waals surface area contributed by atoms with Crippen molar-refractivity contribution in [3.05, 3.63) is 53.6 Å². The molecule has 3 heteroatoms. The molecule has 4 aromatic rings. The molecule has 0 aliphatic heterocycles. The molecule has 0 saturated heterocycles. The molecule has 2 aromatic carbocycles. The first kappa shape index (κ1) is 11.2. The lowest BCUT2D eigenvalue weighted by atomic mass is 10.1. The number of benzene rings is 2. The van der Waals surface area contributed by atoms with E-state index in [4.69, 9.17) is 11.6 Å². The minimum atomic E-state index is 0.780. The van der Waals surface area contributed by atoms with Crippen molar-refractivity contribution in [2.75, 3.05) is 0 Å². The summed E-state index contributed by atoms with van der Waals surface area (Å²) in [6, 6.07) is 16.9. The van der Waals surface area contributed by atoms with E-state index in [0.29, 0.717) is 0 Å². The maximum absolute atomic E-state index is 6.12. The minimum Gasteiger partial charge on any atom is -0.193 e. The maximum Gasteiger partial charge on any atom is 0.231 e. The van der Waals surface area contributed by atoms with Gasteiger partial charge in [-0.15, -0.1) is 11.3 Å². The second-order valence-electron chi connectivity index (χ2n) is 4.72. The largest absolute Gasteiger partial charge is 0.231 e. The first-order valence-electron chi connectivity index (χ1n) is 6.13. The Labute approximate surface area is 119 Å².